The summed E-state index contributed by atoms with van der Waals surface area (Å²) >= 11 is 0. The lowest BCUT2D eigenvalue weighted by Gasteiger charge is -2.40. The maximum absolute atomic E-state index is 15.0. The Morgan fingerprint density at radius 1 is 0.860 bits per heavy atom. The largest absolute Gasteiger partial charge is 0.508 e. The Hall–Kier alpha value is -4.76. The first-order valence-corrected chi connectivity index (χ1v) is 17.8. The molecule has 0 aliphatic carbocycles. The summed E-state index contributed by atoms with van der Waals surface area (Å²) in [7, 11) is 3.45. The maximum Gasteiger partial charge on any atom is 0.254 e. The molecule has 2 fully saturated rings. The molecule has 2 unspecified atom stereocenters. The van der Waals surface area contributed by atoms with Gasteiger partial charge >= 0.3 is 0 Å². The van der Waals surface area contributed by atoms with Crippen molar-refractivity contribution in [3.8, 4) is 17.2 Å². The second-order valence-corrected chi connectivity index (χ2v) is 14.3. The summed E-state index contributed by atoms with van der Waals surface area (Å²) in [5.41, 5.74) is 6.82. The molecule has 9 heteroatoms. The molecule has 0 spiro atoms. The van der Waals surface area contributed by atoms with Crippen molar-refractivity contribution in [3.63, 3.8) is 0 Å². The number of methoxy groups -OCH3 is 1. The van der Waals surface area contributed by atoms with E-state index in [1.165, 1.54) is 22.9 Å². The molecular weight excluding hydrogens is 631 g/mol. The lowest BCUT2D eigenvalue weighted by atomic mass is 9.76. The maximum atomic E-state index is 15.0. The first-order valence-electron chi connectivity index (χ1n) is 17.8. The fourth-order valence-electron chi connectivity index (χ4n) is 8.46. The van der Waals surface area contributed by atoms with Crippen LogP contribution in [-0.2, 0) is 6.54 Å². The predicted octanol–water partition coefficient (Wildman–Crippen LogP) is 6.47. The van der Waals surface area contributed by atoms with Gasteiger partial charge in [0, 0.05) is 94.1 Å². The average Bonchev–Trinajstić information content (AvgIpc) is 3.42. The zero-order valence-electron chi connectivity index (χ0n) is 28.9. The third-order valence-corrected chi connectivity index (χ3v) is 11.3. The number of anilines is 2. The molecule has 4 heterocycles. The summed E-state index contributed by atoms with van der Waals surface area (Å²) in [6.07, 6.45) is 2.30. The minimum absolute atomic E-state index is 0.0955. The molecule has 8 rings (SSSR count). The molecule has 0 radical (unpaired) electrons. The standard InChI is InChI=1S/C41H45FN4O4/c1-43-25-30-21-38(37(42)23-35(30)41(43)48)46-19-17-44(18-20-46)24-27-13-15-45(16-14-27)31-7-3-29(4-8-31)40-34-12-9-32(47)22-39(34)50-26-36(40)28-5-10-33(49-2)11-6-28/h3-12,21-23,27,36,40,47H,13-20,24-26H2,1-2H3. The fraction of sp³-hybridized carbons (Fsp3) is 0.390. The zero-order valence-corrected chi connectivity index (χ0v) is 28.9. The van der Waals surface area contributed by atoms with Crippen LogP contribution in [0.2, 0.25) is 0 Å². The van der Waals surface area contributed by atoms with Crippen molar-refractivity contribution in [1.82, 2.24) is 9.80 Å². The van der Waals surface area contributed by atoms with Gasteiger partial charge in [-0.2, -0.15) is 0 Å². The second-order valence-electron chi connectivity index (χ2n) is 14.3. The Bertz CT molecular complexity index is 1850. The molecule has 260 valence electrons. The molecule has 2 saturated heterocycles. The van der Waals surface area contributed by atoms with Crippen molar-refractivity contribution in [2.45, 2.75) is 31.2 Å². The van der Waals surface area contributed by atoms with E-state index in [1.807, 2.05) is 24.3 Å². The monoisotopic (exact) mass is 676 g/mol. The Kier molecular flexibility index (Phi) is 8.77. The Morgan fingerprint density at radius 3 is 2.30 bits per heavy atom. The van der Waals surface area contributed by atoms with Crippen molar-refractivity contribution in [3.05, 3.63) is 112 Å². The molecule has 8 nitrogen and oxygen atoms in total. The Labute approximate surface area is 293 Å². The molecule has 0 aromatic heterocycles. The third kappa shape index (κ3) is 6.23. The number of nitrogens with zero attached hydrogens (tertiary/aromatic N) is 4. The molecule has 2 atom stereocenters. The molecule has 50 heavy (non-hydrogen) atoms. The molecule has 4 aliphatic heterocycles. The summed E-state index contributed by atoms with van der Waals surface area (Å²) in [4.78, 5) is 21.1. The van der Waals surface area contributed by atoms with Gasteiger partial charge in [0.1, 0.15) is 23.1 Å². The highest BCUT2D eigenvalue weighted by Gasteiger charge is 2.34. The van der Waals surface area contributed by atoms with Gasteiger partial charge in [0.25, 0.3) is 5.91 Å². The number of piperidine rings is 1. The number of amides is 1. The number of phenols is 1. The highest BCUT2D eigenvalue weighted by atomic mass is 19.1. The van der Waals surface area contributed by atoms with Crippen molar-refractivity contribution in [1.29, 1.82) is 0 Å². The van der Waals surface area contributed by atoms with Gasteiger partial charge in [0.2, 0.25) is 0 Å². The molecule has 1 N–H and O–H groups in total. The number of piperazine rings is 1. The number of hydrogen-bond acceptors (Lipinski definition) is 7. The summed E-state index contributed by atoms with van der Waals surface area (Å²) in [5.74, 6) is 2.27. The molecule has 0 bridgehead atoms. The number of ether oxygens (including phenoxy) is 2. The lowest BCUT2D eigenvalue weighted by Crippen LogP contribution is -2.49. The van der Waals surface area contributed by atoms with E-state index >= 15 is 4.39 Å². The predicted molar refractivity (Wildman–Crippen MR) is 193 cm³/mol. The molecule has 0 saturated carbocycles. The molecule has 1 amide bonds. The number of phenolic OH excluding ortho intramolecular Hbond substituents is 1. The second kappa shape index (κ2) is 13.5. The summed E-state index contributed by atoms with van der Waals surface area (Å²) < 4.78 is 26.6. The SMILES string of the molecule is COc1ccc(C2COc3cc(O)ccc3C2c2ccc(N3CCC(CN4CCN(c5cc6c(cc5F)C(=O)N(C)C6)CC4)CC3)cc2)cc1. The van der Waals surface area contributed by atoms with Gasteiger partial charge in [-0.15, -0.1) is 0 Å². The van der Waals surface area contributed by atoms with Crippen LogP contribution in [0, 0.1) is 11.7 Å². The van der Waals surface area contributed by atoms with Gasteiger partial charge in [0.05, 0.1) is 19.4 Å². The van der Waals surface area contributed by atoms with Crippen molar-refractivity contribution >= 4 is 17.3 Å². The third-order valence-electron chi connectivity index (χ3n) is 11.3. The lowest BCUT2D eigenvalue weighted by molar-refractivity contribution is 0.0816. The topological polar surface area (TPSA) is 68.7 Å². The number of rotatable bonds is 7. The quantitative estimate of drug-likeness (QED) is 0.241. The zero-order chi connectivity index (χ0) is 34.4. The van der Waals surface area contributed by atoms with Crippen molar-refractivity contribution in [2.24, 2.45) is 5.92 Å². The molecular formula is C41H45FN4O4. The first-order chi connectivity index (χ1) is 24.3. The van der Waals surface area contributed by atoms with Crippen LogP contribution >= 0.6 is 0 Å². The number of halogens is 1. The number of carbonyl (C=O) groups is 1. The van der Waals surface area contributed by atoms with E-state index in [9.17, 15) is 9.90 Å². The summed E-state index contributed by atoms with van der Waals surface area (Å²) in [6, 6.07) is 26.1. The van der Waals surface area contributed by atoms with Crippen LogP contribution in [0.4, 0.5) is 15.8 Å². The number of benzene rings is 4. The normalized spacial score (nSPS) is 21.2. The minimum atomic E-state index is -0.295. The molecule has 4 aromatic rings. The van der Waals surface area contributed by atoms with Crippen LogP contribution in [0.15, 0.2) is 78.9 Å². The number of aromatic hydroxyl groups is 1. The average molecular weight is 677 g/mol. The van der Waals surface area contributed by atoms with Gasteiger partial charge in [0.15, 0.2) is 0 Å². The van der Waals surface area contributed by atoms with Crippen LogP contribution in [0.25, 0.3) is 0 Å². The number of fused-ring (bicyclic) bond motifs is 2. The van der Waals surface area contributed by atoms with Crippen LogP contribution < -0.4 is 19.3 Å². The molecule has 4 aromatic carbocycles. The first kappa shape index (κ1) is 32.4. The van der Waals surface area contributed by atoms with Gasteiger partial charge in [-0.25, -0.2) is 4.39 Å². The van der Waals surface area contributed by atoms with E-state index in [-0.39, 0.29) is 29.3 Å². The Morgan fingerprint density at radius 2 is 1.58 bits per heavy atom. The van der Waals surface area contributed by atoms with Crippen molar-refractivity contribution in [2.75, 3.05) is 76.4 Å². The van der Waals surface area contributed by atoms with Crippen LogP contribution in [-0.4, -0.2) is 87.4 Å². The van der Waals surface area contributed by atoms with Crippen LogP contribution in [0.1, 0.15) is 57.3 Å². The van der Waals surface area contributed by atoms with Gasteiger partial charge in [-0.05, 0) is 77.9 Å². The smallest absolute Gasteiger partial charge is 0.254 e. The summed E-state index contributed by atoms with van der Waals surface area (Å²) in [6.45, 7) is 7.65. The van der Waals surface area contributed by atoms with E-state index in [0.29, 0.717) is 30.3 Å². The van der Waals surface area contributed by atoms with E-state index in [0.717, 1.165) is 81.3 Å². The number of carbonyl (C=O) groups excluding carboxylic acids is 1. The van der Waals surface area contributed by atoms with Crippen LogP contribution in [0.5, 0.6) is 17.2 Å². The minimum Gasteiger partial charge on any atom is -0.508 e. The number of hydrogen-bond donors (Lipinski definition) is 1. The molecule has 4 aliphatic rings. The van der Waals surface area contributed by atoms with E-state index in [1.54, 1.807) is 31.2 Å². The highest BCUT2D eigenvalue weighted by molar-refractivity contribution is 5.98. The van der Waals surface area contributed by atoms with E-state index in [4.69, 9.17) is 9.47 Å². The van der Waals surface area contributed by atoms with E-state index < -0.39 is 0 Å². The highest BCUT2D eigenvalue weighted by Crippen LogP contribution is 2.47. The van der Waals surface area contributed by atoms with Gasteiger partial charge < -0.3 is 29.3 Å². The fourth-order valence-corrected chi connectivity index (χ4v) is 8.46. The summed E-state index contributed by atoms with van der Waals surface area (Å²) in [5, 5.41) is 10.2. The van der Waals surface area contributed by atoms with Crippen molar-refractivity contribution < 1.29 is 23.8 Å². The van der Waals surface area contributed by atoms with Gasteiger partial charge in [-0.3, -0.25) is 9.69 Å². The van der Waals surface area contributed by atoms with Crippen LogP contribution in [0.3, 0.4) is 0 Å². The Balaban J connectivity index is 0.882. The van der Waals surface area contributed by atoms with Gasteiger partial charge in [-0.1, -0.05) is 30.3 Å². The van der Waals surface area contributed by atoms with E-state index in [2.05, 4.69) is 51.1 Å².